The molecule has 7 heteroatoms. The molecular weight excluding hydrogens is 471 g/mol. The number of halogens is 2. The predicted octanol–water partition coefficient (Wildman–Crippen LogP) is 6.76. The van der Waals surface area contributed by atoms with E-state index in [0.29, 0.717) is 34.4 Å². The number of aryl methyl sites for hydroxylation is 2. The SMILES string of the molecule is CCOC(=O)C1CCC(Oc2ccc(Cl)c(Cc3cc4c(C)cc(C#N)cc4n3C)c2Cl)CC1. The summed E-state index contributed by atoms with van der Waals surface area (Å²) >= 11 is 13.4. The Bertz CT molecular complexity index is 1270. The molecule has 0 amide bonds. The maximum Gasteiger partial charge on any atom is 0.308 e. The number of nitriles is 1. The second-order valence-corrected chi connectivity index (χ2v) is 9.68. The number of nitrogens with zero attached hydrogens (tertiary/aromatic N) is 2. The van der Waals surface area contributed by atoms with Gasteiger partial charge in [-0.05, 0) is 81.0 Å². The minimum atomic E-state index is -0.111. The molecule has 34 heavy (non-hydrogen) atoms. The Labute approximate surface area is 210 Å². The first-order valence-corrected chi connectivity index (χ1v) is 12.4. The first-order valence-electron chi connectivity index (χ1n) is 11.6. The van der Waals surface area contributed by atoms with Gasteiger partial charge in [0.1, 0.15) is 5.75 Å². The fraction of sp³-hybridized carbons (Fsp3) is 0.407. The van der Waals surface area contributed by atoms with Crippen LogP contribution in [0.3, 0.4) is 0 Å². The van der Waals surface area contributed by atoms with Crippen molar-refractivity contribution in [1.29, 1.82) is 5.26 Å². The van der Waals surface area contributed by atoms with Crippen molar-refractivity contribution in [2.45, 2.75) is 52.1 Å². The van der Waals surface area contributed by atoms with Crippen molar-refractivity contribution < 1.29 is 14.3 Å². The average Bonchev–Trinajstić information content (AvgIpc) is 3.15. The van der Waals surface area contributed by atoms with E-state index in [9.17, 15) is 10.1 Å². The average molecular weight is 499 g/mol. The molecule has 1 heterocycles. The van der Waals surface area contributed by atoms with Gasteiger partial charge in [0.15, 0.2) is 0 Å². The Balaban J connectivity index is 1.54. The third-order valence-corrected chi connectivity index (χ3v) is 7.46. The molecule has 1 fully saturated rings. The van der Waals surface area contributed by atoms with Gasteiger partial charge in [-0.1, -0.05) is 23.2 Å². The fourth-order valence-corrected chi connectivity index (χ4v) is 5.31. The number of ether oxygens (including phenoxy) is 2. The van der Waals surface area contributed by atoms with E-state index in [-0.39, 0.29) is 18.0 Å². The minimum absolute atomic E-state index is 0.00174. The summed E-state index contributed by atoms with van der Waals surface area (Å²) in [5, 5.41) is 11.5. The monoisotopic (exact) mass is 498 g/mol. The number of hydrogen-bond acceptors (Lipinski definition) is 4. The molecule has 0 spiro atoms. The number of benzene rings is 2. The van der Waals surface area contributed by atoms with Crippen molar-refractivity contribution in [3.05, 3.63) is 62.8 Å². The van der Waals surface area contributed by atoms with Crippen LogP contribution in [-0.4, -0.2) is 23.2 Å². The van der Waals surface area contributed by atoms with Crippen LogP contribution in [0.5, 0.6) is 5.75 Å². The molecule has 0 saturated heterocycles. The van der Waals surface area contributed by atoms with E-state index in [1.807, 2.05) is 45.2 Å². The van der Waals surface area contributed by atoms with Crippen molar-refractivity contribution in [1.82, 2.24) is 4.57 Å². The van der Waals surface area contributed by atoms with Crippen LogP contribution >= 0.6 is 23.2 Å². The fourth-order valence-electron chi connectivity index (χ4n) is 4.76. The smallest absolute Gasteiger partial charge is 0.308 e. The second-order valence-electron chi connectivity index (χ2n) is 8.89. The van der Waals surface area contributed by atoms with Crippen LogP contribution in [0.15, 0.2) is 30.3 Å². The van der Waals surface area contributed by atoms with Crippen LogP contribution in [0.4, 0.5) is 0 Å². The number of esters is 1. The molecule has 0 N–H and O–H groups in total. The Kier molecular flexibility index (Phi) is 7.40. The molecule has 5 nitrogen and oxygen atoms in total. The molecule has 178 valence electrons. The molecule has 0 atom stereocenters. The van der Waals surface area contributed by atoms with Crippen LogP contribution in [0.25, 0.3) is 10.9 Å². The lowest BCUT2D eigenvalue weighted by Gasteiger charge is -2.28. The van der Waals surface area contributed by atoms with Crippen LogP contribution in [0.1, 0.15) is 55.0 Å². The second kappa shape index (κ2) is 10.3. The summed E-state index contributed by atoms with van der Waals surface area (Å²) in [5.41, 5.74) is 4.56. The summed E-state index contributed by atoms with van der Waals surface area (Å²) in [4.78, 5) is 12.0. The summed E-state index contributed by atoms with van der Waals surface area (Å²) in [6, 6.07) is 11.8. The van der Waals surface area contributed by atoms with Crippen molar-refractivity contribution in [2.75, 3.05) is 6.61 Å². The van der Waals surface area contributed by atoms with Crippen LogP contribution in [0, 0.1) is 24.2 Å². The lowest BCUT2D eigenvalue weighted by atomic mass is 9.87. The Morgan fingerprint density at radius 2 is 1.91 bits per heavy atom. The van der Waals surface area contributed by atoms with E-state index in [2.05, 4.69) is 16.7 Å². The van der Waals surface area contributed by atoms with E-state index in [4.69, 9.17) is 32.7 Å². The van der Waals surface area contributed by atoms with Crippen LogP contribution in [0.2, 0.25) is 10.0 Å². The largest absolute Gasteiger partial charge is 0.489 e. The van der Waals surface area contributed by atoms with Gasteiger partial charge in [0, 0.05) is 35.1 Å². The van der Waals surface area contributed by atoms with Gasteiger partial charge in [0.05, 0.1) is 35.3 Å². The third-order valence-electron chi connectivity index (χ3n) is 6.69. The lowest BCUT2D eigenvalue weighted by Crippen LogP contribution is -2.29. The first-order chi connectivity index (χ1) is 16.3. The highest BCUT2D eigenvalue weighted by Crippen LogP contribution is 2.38. The van der Waals surface area contributed by atoms with Crippen molar-refractivity contribution >= 4 is 40.1 Å². The number of hydrogen-bond donors (Lipinski definition) is 0. The molecule has 3 aromatic rings. The molecule has 0 bridgehead atoms. The van der Waals surface area contributed by atoms with Crippen molar-refractivity contribution in [2.24, 2.45) is 13.0 Å². The Hall–Kier alpha value is -2.68. The van der Waals surface area contributed by atoms with E-state index in [1.165, 1.54) is 0 Å². The molecule has 0 unspecified atom stereocenters. The number of carbonyl (C=O) groups is 1. The van der Waals surface area contributed by atoms with Gasteiger partial charge in [-0.2, -0.15) is 5.26 Å². The van der Waals surface area contributed by atoms with E-state index in [0.717, 1.165) is 53.4 Å². The van der Waals surface area contributed by atoms with Crippen molar-refractivity contribution in [3.63, 3.8) is 0 Å². The molecule has 1 aliphatic carbocycles. The molecule has 1 aromatic heterocycles. The van der Waals surface area contributed by atoms with Gasteiger partial charge in [0.2, 0.25) is 0 Å². The summed E-state index contributed by atoms with van der Waals surface area (Å²) in [5.74, 6) is 0.453. The molecular formula is C27H28Cl2N2O3. The quantitative estimate of drug-likeness (QED) is 0.352. The van der Waals surface area contributed by atoms with Gasteiger partial charge >= 0.3 is 5.97 Å². The first kappa shape index (κ1) is 24.4. The lowest BCUT2D eigenvalue weighted by molar-refractivity contribution is -0.149. The minimum Gasteiger partial charge on any atom is -0.489 e. The van der Waals surface area contributed by atoms with E-state index >= 15 is 0 Å². The summed E-state index contributed by atoms with van der Waals surface area (Å²) in [6.07, 6.45) is 3.60. The third kappa shape index (κ3) is 4.89. The maximum atomic E-state index is 12.0. The van der Waals surface area contributed by atoms with E-state index < -0.39 is 0 Å². The highest BCUT2D eigenvalue weighted by Gasteiger charge is 2.29. The number of fused-ring (bicyclic) bond motifs is 1. The zero-order valence-electron chi connectivity index (χ0n) is 19.7. The molecule has 1 aliphatic rings. The van der Waals surface area contributed by atoms with Gasteiger partial charge in [-0.15, -0.1) is 0 Å². The van der Waals surface area contributed by atoms with Gasteiger partial charge in [0.25, 0.3) is 0 Å². The zero-order chi connectivity index (χ0) is 24.4. The Morgan fingerprint density at radius 3 is 2.59 bits per heavy atom. The van der Waals surface area contributed by atoms with Gasteiger partial charge in [-0.3, -0.25) is 4.79 Å². The molecule has 4 rings (SSSR count). The van der Waals surface area contributed by atoms with Gasteiger partial charge in [-0.25, -0.2) is 0 Å². The molecule has 0 aliphatic heterocycles. The molecule has 2 aromatic carbocycles. The van der Waals surface area contributed by atoms with E-state index in [1.54, 1.807) is 0 Å². The normalized spacial score (nSPS) is 18.0. The zero-order valence-corrected chi connectivity index (χ0v) is 21.2. The maximum absolute atomic E-state index is 12.0. The number of rotatable bonds is 6. The highest BCUT2D eigenvalue weighted by atomic mass is 35.5. The summed E-state index contributed by atoms with van der Waals surface area (Å²) < 4.78 is 13.5. The predicted molar refractivity (Wildman–Crippen MR) is 135 cm³/mol. The molecule has 0 radical (unpaired) electrons. The highest BCUT2D eigenvalue weighted by molar-refractivity contribution is 6.37. The number of aromatic nitrogens is 1. The number of carbonyl (C=O) groups excluding carboxylic acids is 1. The Morgan fingerprint density at radius 1 is 1.18 bits per heavy atom. The van der Waals surface area contributed by atoms with Crippen LogP contribution in [-0.2, 0) is 23.0 Å². The van der Waals surface area contributed by atoms with Crippen LogP contribution < -0.4 is 4.74 Å². The standard InChI is InChI=1S/C27H28Cl2N2O3/c1-4-33-27(32)18-5-7-20(8-6-18)34-25-10-9-23(28)22(26(25)29)14-19-13-21-16(2)11-17(15-30)12-24(21)31(19)3/h9-13,18,20H,4-8,14H2,1-3H3. The molecule has 1 saturated carbocycles. The summed E-state index contributed by atoms with van der Waals surface area (Å²) in [6.45, 7) is 4.25. The van der Waals surface area contributed by atoms with Crippen molar-refractivity contribution in [3.8, 4) is 11.8 Å². The topological polar surface area (TPSA) is 64.2 Å². The van der Waals surface area contributed by atoms with Gasteiger partial charge < -0.3 is 14.0 Å². The summed E-state index contributed by atoms with van der Waals surface area (Å²) in [7, 11) is 1.99.